The van der Waals surface area contributed by atoms with Gasteiger partial charge < -0.3 is 11.1 Å². The highest BCUT2D eigenvalue weighted by Crippen LogP contribution is 2.25. The zero-order valence-electron chi connectivity index (χ0n) is 13.1. The van der Waals surface area contributed by atoms with Crippen molar-refractivity contribution in [2.45, 2.75) is 89.4 Å². The van der Waals surface area contributed by atoms with Crippen molar-refractivity contribution in [2.75, 3.05) is 6.54 Å². The van der Waals surface area contributed by atoms with E-state index in [9.17, 15) is 4.79 Å². The third kappa shape index (κ3) is 3.73. The summed E-state index contributed by atoms with van der Waals surface area (Å²) in [5, 5.41) is 3.26. The molecule has 0 aromatic rings. The third-order valence-electron chi connectivity index (χ3n) is 5.14. The molecule has 0 radical (unpaired) electrons. The van der Waals surface area contributed by atoms with Crippen LogP contribution in [-0.4, -0.2) is 41.5 Å². The van der Waals surface area contributed by atoms with Gasteiger partial charge in [0, 0.05) is 24.7 Å². The van der Waals surface area contributed by atoms with E-state index < -0.39 is 0 Å². The van der Waals surface area contributed by atoms with Crippen molar-refractivity contribution >= 4 is 5.91 Å². The first kappa shape index (κ1) is 15.8. The number of carbonyl (C=O) groups is 1. The number of hydrogen-bond donors (Lipinski definition) is 2. The van der Waals surface area contributed by atoms with Crippen molar-refractivity contribution in [3.63, 3.8) is 0 Å². The molecule has 0 aromatic carbocycles. The summed E-state index contributed by atoms with van der Waals surface area (Å²) in [4.78, 5) is 14.9. The van der Waals surface area contributed by atoms with E-state index in [4.69, 9.17) is 5.73 Å². The van der Waals surface area contributed by atoms with E-state index in [1.807, 2.05) is 6.92 Å². The molecule has 2 rings (SSSR count). The van der Waals surface area contributed by atoms with Gasteiger partial charge in [-0.3, -0.25) is 9.69 Å². The smallest absolute Gasteiger partial charge is 0.237 e. The van der Waals surface area contributed by atoms with Crippen LogP contribution in [0.15, 0.2) is 0 Å². The van der Waals surface area contributed by atoms with Crippen LogP contribution < -0.4 is 11.1 Å². The molecule has 4 heteroatoms. The lowest BCUT2D eigenvalue weighted by molar-refractivity contribution is -0.129. The summed E-state index contributed by atoms with van der Waals surface area (Å²) in [6.45, 7) is 4.93. The Bertz CT molecular complexity index is 315. The minimum Gasteiger partial charge on any atom is -0.352 e. The van der Waals surface area contributed by atoms with Crippen LogP contribution in [0.2, 0.25) is 0 Å². The molecule has 3 N–H and O–H groups in total. The molecule has 3 atom stereocenters. The molecule has 3 unspecified atom stereocenters. The first-order valence-corrected chi connectivity index (χ1v) is 8.41. The van der Waals surface area contributed by atoms with Crippen molar-refractivity contribution in [1.29, 1.82) is 0 Å². The Kier molecular flexibility index (Phi) is 5.85. The zero-order chi connectivity index (χ0) is 14.5. The summed E-state index contributed by atoms with van der Waals surface area (Å²) in [5.41, 5.74) is 5.90. The van der Waals surface area contributed by atoms with Crippen LogP contribution in [0.25, 0.3) is 0 Å². The van der Waals surface area contributed by atoms with Gasteiger partial charge in [0.1, 0.15) is 0 Å². The summed E-state index contributed by atoms with van der Waals surface area (Å²) in [7, 11) is 0. The standard InChI is InChI=1S/C16H31N3O/c1-12-7-6-10-15(11-17)19(12)13(2)16(20)18-14-8-4-3-5-9-14/h12-15H,3-11,17H2,1-2H3,(H,18,20). The molecule has 1 saturated carbocycles. The first-order valence-electron chi connectivity index (χ1n) is 8.41. The van der Waals surface area contributed by atoms with Gasteiger partial charge in [0.2, 0.25) is 5.91 Å². The fourth-order valence-corrected chi connectivity index (χ4v) is 3.95. The summed E-state index contributed by atoms with van der Waals surface area (Å²) in [6.07, 6.45) is 9.66. The Labute approximate surface area is 123 Å². The Morgan fingerprint density at radius 3 is 2.55 bits per heavy atom. The molecule has 0 aromatic heterocycles. The summed E-state index contributed by atoms with van der Waals surface area (Å²) < 4.78 is 0. The van der Waals surface area contributed by atoms with Crippen molar-refractivity contribution < 1.29 is 4.79 Å². The van der Waals surface area contributed by atoms with Gasteiger partial charge in [-0.15, -0.1) is 0 Å². The Hall–Kier alpha value is -0.610. The molecule has 2 aliphatic rings. The summed E-state index contributed by atoms with van der Waals surface area (Å²) in [5.74, 6) is 0.198. The number of rotatable bonds is 4. The minimum absolute atomic E-state index is 0.0548. The van der Waals surface area contributed by atoms with Crippen LogP contribution >= 0.6 is 0 Å². The van der Waals surface area contributed by atoms with E-state index in [0.29, 0.717) is 24.7 Å². The van der Waals surface area contributed by atoms with Crippen LogP contribution in [0.4, 0.5) is 0 Å². The number of likely N-dealkylation sites (tertiary alicyclic amines) is 1. The average Bonchev–Trinajstić information content (AvgIpc) is 2.47. The van der Waals surface area contributed by atoms with Gasteiger partial charge in [-0.2, -0.15) is 0 Å². The van der Waals surface area contributed by atoms with E-state index in [-0.39, 0.29) is 11.9 Å². The van der Waals surface area contributed by atoms with Gasteiger partial charge in [-0.05, 0) is 39.5 Å². The lowest BCUT2D eigenvalue weighted by Gasteiger charge is -2.43. The second-order valence-electron chi connectivity index (χ2n) is 6.64. The van der Waals surface area contributed by atoms with Gasteiger partial charge >= 0.3 is 0 Å². The molecule has 1 aliphatic heterocycles. The van der Waals surface area contributed by atoms with Gasteiger partial charge in [-0.1, -0.05) is 25.7 Å². The highest BCUT2D eigenvalue weighted by atomic mass is 16.2. The fourth-order valence-electron chi connectivity index (χ4n) is 3.95. The molecular formula is C16H31N3O. The Morgan fingerprint density at radius 1 is 1.20 bits per heavy atom. The maximum Gasteiger partial charge on any atom is 0.237 e. The third-order valence-corrected chi connectivity index (χ3v) is 5.14. The molecule has 116 valence electrons. The van der Waals surface area contributed by atoms with Gasteiger partial charge in [0.15, 0.2) is 0 Å². The van der Waals surface area contributed by atoms with E-state index in [2.05, 4.69) is 17.1 Å². The predicted molar refractivity (Wildman–Crippen MR) is 82.5 cm³/mol. The van der Waals surface area contributed by atoms with E-state index in [1.54, 1.807) is 0 Å². The van der Waals surface area contributed by atoms with Crippen LogP contribution in [0.5, 0.6) is 0 Å². The van der Waals surface area contributed by atoms with E-state index in [0.717, 1.165) is 19.3 Å². The largest absolute Gasteiger partial charge is 0.352 e. The van der Waals surface area contributed by atoms with Crippen LogP contribution in [-0.2, 0) is 4.79 Å². The highest BCUT2D eigenvalue weighted by Gasteiger charge is 2.34. The van der Waals surface area contributed by atoms with Crippen LogP contribution in [0, 0.1) is 0 Å². The topological polar surface area (TPSA) is 58.4 Å². The SMILES string of the molecule is CC1CCCC(CN)N1C(C)C(=O)NC1CCCCC1. The monoisotopic (exact) mass is 281 g/mol. The Balaban J connectivity index is 1.93. The number of amides is 1. The highest BCUT2D eigenvalue weighted by molar-refractivity contribution is 5.81. The number of nitrogens with two attached hydrogens (primary N) is 1. The molecule has 20 heavy (non-hydrogen) atoms. The second kappa shape index (κ2) is 7.41. The molecule has 0 spiro atoms. The second-order valence-corrected chi connectivity index (χ2v) is 6.64. The van der Waals surface area contributed by atoms with Crippen LogP contribution in [0.3, 0.4) is 0 Å². The summed E-state index contributed by atoms with van der Waals surface area (Å²) in [6, 6.07) is 1.17. The first-order chi connectivity index (χ1) is 9.63. The van der Waals surface area contributed by atoms with Gasteiger partial charge in [0.25, 0.3) is 0 Å². The number of nitrogens with one attached hydrogen (secondary N) is 1. The lowest BCUT2D eigenvalue weighted by Crippen LogP contribution is -2.58. The quantitative estimate of drug-likeness (QED) is 0.829. The molecule has 1 saturated heterocycles. The van der Waals surface area contributed by atoms with Crippen LogP contribution in [0.1, 0.15) is 65.2 Å². The zero-order valence-corrected chi connectivity index (χ0v) is 13.1. The normalized spacial score (nSPS) is 30.9. The average molecular weight is 281 g/mol. The van der Waals surface area contributed by atoms with E-state index >= 15 is 0 Å². The van der Waals surface area contributed by atoms with Gasteiger partial charge in [-0.25, -0.2) is 0 Å². The Morgan fingerprint density at radius 2 is 1.90 bits per heavy atom. The van der Waals surface area contributed by atoms with Gasteiger partial charge in [0.05, 0.1) is 6.04 Å². The fraction of sp³-hybridized carbons (Fsp3) is 0.938. The van der Waals surface area contributed by atoms with E-state index in [1.165, 1.54) is 32.1 Å². The molecule has 0 bridgehead atoms. The summed E-state index contributed by atoms with van der Waals surface area (Å²) >= 11 is 0. The van der Waals surface area contributed by atoms with Crippen molar-refractivity contribution in [2.24, 2.45) is 5.73 Å². The minimum atomic E-state index is -0.0548. The maximum absolute atomic E-state index is 12.5. The number of hydrogen-bond acceptors (Lipinski definition) is 3. The maximum atomic E-state index is 12.5. The molecule has 1 aliphatic carbocycles. The lowest BCUT2D eigenvalue weighted by atomic mass is 9.93. The molecule has 4 nitrogen and oxygen atoms in total. The number of nitrogens with zero attached hydrogens (tertiary/aromatic N) is 1. The molecular weight excluding hydrogens is 250 g/mol. The van der Waals surface area contributed by atoms with Crippen molar-refractivity contribution in [1.82, 2.24) is 10.2 Å². The number of piperidine rings is 1. The predicted octanol–water partition coefficient (Wildman–Crippen LogP) is 2.03. The molecule has 1 heterocycles. The van der Waals surface area contributed by atoms with Crippen molar-refractivity contribution in [3.8, 4) is 0 Å². The number of carbonyl (C=O) groups excluding carboxylic acids is 1. The molecule has 2 fully saturated rings. The molecule has 1 amide bonds. The van der Waals surface area contributed by atoms with Crippen molar-refractivity contribution in [3.05, 3.63) is 0 Å².